The summed E-state index contributed by atoms with van der Waals surface area (Å²) in [5, 5.41) is 8.56. The molecule has 0 radical (unpaired) electrons. The van der Waals surface area contributed by atoms with Crippen molar-refractivity contribution < 1.29 is 19.4 Å². The molecular formula is C12H16N2O4. The van der Waals surface area contributed by atoms with Crippen LogP contribution in [0.15, 0.2) is 18.2 Å². The van der Waals surface area contributed by atoms with E-state index in [0.29, 0.717) is 17.0 Å². The van der Waals surface area contributed by atoms with Crippen molar-refractivity contribution in [2.45, 2.75) is 6.42 Å². The average molecular weight is 252 g/mol. The Kier molecular flexibility index (Phi) is 4.53. The lowest BCUT2D eigenvalue weighted by atomic mass is 10.1. The summed E-state index contributed by atoms with van der Waals surface area (Å²) in [7, 11) is 3.05. The summed E-state index contributed by atoms with van der Waals surface area (Å²) in [6.07, 6.45) is -0.0989. The predicted octanol–water partition coefficient (Wildman–Crippen LogP) is 0.824. The molecule has 0 aliphatic rings. The predicted molar refractivity (Wildman–Crippen MR) is 66.6 cm³/mol. The van der Waals surface area contributed by atoms with Crippen molar-refractivity contribution in [2.75, 3.05) is 26.4 Å². The Labute approximate surface area is 105 Å². The SMILES string of the molecule is COc1ccc(C(=O)N(C)CCC(=O)O)c(N)c1. The molecule has 3 N–H and O–H groups in total. The monoisotopic (exact) mass is 252 g/mol. The number of carboxylic acids is 1. The number of nitrogens with zero attached hydrogens (tertiary/aromatic N) is 1. The minimum absolute atomic E-state index is 0.0989. The van der Waals surface area contributed by atoms with Crippen LogP contribution in [0.5, 0.6) is 5.75 Å². The van der Waals surface area contributed by atoms with Crippen molar-refractivity contribution in [3.8, 4) is 5.75 Å². The Morgan fingerprint density at radius 3 is 2.61 bits per heavy atom. The first-order valence-corrected chi connectivity index (χ1v) is 5.36. The summed E-state index contributed by atoms with van der Waals surface area (Å²) in [5.41, 5.74) is 6.39. The maximum absolute atomic E-state index is 12.0. The lowest BCUT2D eigenvalue weighted by Crippen LogP contribution is -2.29. The highest BCUT2D eigenvalue weighted by Gasteiger charge is 2.15. The number of rotatable bonds is 5. The molecule has 0 aliphatic heterocycles. The van der Waals surface area contributed by atoms with Gasteiger partial charge in [-0.05, 0) is 12.1 Å². The van der Waals surface area contributed by atoms with Crippen LogP contribution in [-0.2, 0) is 4.79 Å². The maximum Gasteiger partial charge on any atom is 0.305 e. The number of hydrogen-bond acceptors (Lipinski definition) is 4. The summed E-state index contributed by atoms with van der Waals surface area (Å²) in [6, 6.07) is 4.75. The zero-order valence-corrected chi connectivity index (χ0v) is 10.3. The zero-order chi connectivity index (χ0) is 13.7. The van der Waals surface area contributed by atoms with Gasteiger partial charge in [-0.25, -0.2) is 0 Å². The largest absolute Gasteiger partial charge is 0.497 e. The van der Waals surface area contributed by atoms with Crippen LogP contribution in [0.1, 0.15) is 16.8 Å². The second-order valence-corrected chi connectivity index (χ2v) is 3.82. The Balaban J connectivity index is 2.80. The molecule has 6 nitrogen and oxygen atoms in total. The van der Waals surface area contributed by atoms with Gasteiger partial charge in [-0.3, -0.25) is 9.59 Å². The van der Waals surface area contributed by atoms with Crippen LogP contribution >= 0.6 is 0 Å². The maximum atomic E-state index is 12.0. The van der Waals surface area contributed by atoms with E-state index < -0.39 is 5.97 Å². The number of amides is 1. The van der Waals surface area contributed by atoms with Crippen molar-refractivity contribution in [3.63, 3.8) is 0 Å². The van der Waals surface area contributed by atoms with E-state index in [2.05, 4.69) is 0 Å². The van der Waals surface area contributed by atoms with E-state index in [0.717, 1.165) is 0 Å². The van der Waals surface area contributed by atoms with Crippen molar-refractivity contribution in [3.05, 3.63) is 23.8 Å². The van der Waals surface area contributed by atoms with Crippen LogP contribution in [-0.4, -0.2) is 42.6 Å². The molecule has 0 unspecified atom stereocenters. The van der Waals surface area contributed by atoms with E-state index in [-0.39, 0.29) is 18.9 Å². The number of methoxy groups -OCH3 is 1. The molecule has 0 bridgehead atoms. The third-order valence-corrected chi connectivity index (χ3v) is 2.50. The molecule has 0 fully saturated rings. The molecule has 1 aromatic carbocycles. The minimum atomic E-state index is -0.947. The Morgan fingerprint density at radius 2 is 2.11 bits per heavy atom. The van der Waals surface area contributed by atoms with Crippen LogP contribution < -0.4 is 10.5 Å². The zero-order valence-electron chi connectivity index (χ0n) is 10.3. The van der Waals surface area contributed by atoms with Gasteiger partial charge in [0.15, 0.2) is 0 Å². The molecule has 0 heterocycles. The first-order valence-electron chi connectivity index (χ1n) is 5.36. The normalized spacial score (nSPS) is 9.89. The highest BCUT2D eigenvalue weighted by molar-refractivity contribution is 5.99. The van der Waals surface area contributed by atoms with Crippen LogP contribution in [0, 0.1) is 0 Å². The number of nitrogens with two attached hydrogens (primary N) is 1. The summed E-state index contributed by atoms with van der Waals surface area (Å²) < 4.78 is 4.99. The summed E-state index contributed by atoms with van der Waals surface area (Å²) in [4.78, 5) is 23.7. The molecule has 0 aromatic heterocycles. The lowest BCUT2D eigenvalue weighted by molar-refractivity contribution is -0.137. The number of benzene rings is 1. The van der Waals surface area contributed by atoms with Crippen LogP contribution in [0.3, 0.4) is 0 Å². The fraction of sp³-hybridized carbons (Fsp3) is 0.333. The van der Waals surface area contributed by atoms with E-state index in [9.17, 15) is 9.59 Å². The van der Waals surface area contributed by atoms with E-state index in [1.54, 1.807) is 18.2 Å². The van der Waals surface area contributed by atoms with Gasteiger partial charge in [0.1, 0.15) is 5.75 Å². The number of nitrogen functional groups attached to an aromatic ring is 1. The van der Waals surface area contributed by atoms with Gasteiger partial charge in [0.25, 0.3) is 5.91 Å². The first-order chi connectivity index (χ1) is 8.45. The molecule has 98 valence electrons. The molecule has 1 rings (SSSR count). The van der Waals surface area contributed by atoms with Crippen LogP contribution in [0.2, 0.25) is 0 Å². The highest BCUT2D eigenvalue weighted by Crippen LogP contribution is 2.20. The number of aliphatic carboxylic acids is 1. The van der Waals surface area contributed by atoms with E-state index in [1.807, 2.05) is 0 Å². The lowest BCUT2D eigenvalue weighted by Gasteiger charge is -2.17. The van der Waals surface area contributed by atoms with Gasteiger partial charge in [-0.1, -0.05) is 0 Å². The molecule has 0 spiro atoms. The molecule has 1 amide bonds. The van der Waals surface area contributed by atoms with Crippen molar-refractivity contribution in [2.24, 2.45) is 0 Å². The first kappa shape index (κ1) is 13.8. The van der Waals surface area contributed by atoms with Gasteiger partial charge in [0, 0.05) is 25.3 Å². The quantitative estimate of drug-likeness (QED) is 0.757. The molecule has 1 aromatic rings. The van der Waals surface area contributed by atoms with Gasteiger partial charge >= 0.3 is 5.97 Å². The number of carbonyl (C=O) groups excluding carboxylic acids is 1. The van der Waals surface area contributed by atoms with Crippen molar-refractivity contribution >= 4 is 17.6 Å². The second kappa shape index (κ2) is 5.90. The molecule has 0 saturated heterocycles. The van der Waals surface area contributed by atoms with Crippen LogP contribution in [0.25, 0.3) is 0 Å². The van der Waals surface area contributed by atoms with Crippen molar-refractivity contribution in [1.29, 1.82) is 0 Å². The summed E-state index contributed by atoms with van der Waals surface area (Å²) >= 11 is 0. The highest BCUT2D eigenvalue weighted by atomic mass is 16.5. The van der Waals surface area contributed by atoms with Gasteiger partial charge in [0.05, 0.1) is 19.1 Å². The number of ether oxygens (including phenoxy) is 1. The number of hydrogen-bond donors (Lipinski definition) is 2. The van der Waals surface area contributed by atoms with E-state index in [1.165, 1.54) is 19.1 Å². The van der Waals surface area contributed by atoms with E-state index >= 15 is 0 Å². The molecule has 0 saturated carbocycles. The summed E-state index contributed by atoms with van der Waals surface area (Å²) in [5.74, 6) is -0.689. The number of carboxylic acid groups (broad SMARTS) is 1. The summed E-state index contributed by atoms with van der Waals surface area (Å²) in [6.45, 7) is 0.139. The van der Waals surface area contributed by atoms with Gasteiger partial charge in [0.2, 0.25) is 0 Å². The Hall–Kier alpha value is -2.24. The smallest absolute Gasteiger partial charge is 0.305 e. The topological polar surface area (TPSA) is 92.9 Å². The molecule has 0 atom stereocenters. The van der Waals surface area contributed by atoms with Crippen LogP contribution in [0.4, 0.5) is 5.69 Å². The second-order valence-electron chi connectivity index (χ2n) is 3.82. The fourth-order valence-corrected chi connectivity index (χ4v) is 1.43. The van der Waals surface area contributed by atoms with Gasteiger partial charge in [-0.2, -0.15) is 0 Å². The molecule has 18 heavy (non-hydrogen) atoms. The fourth-order valence-electron chi connectivity index (χ4n) is 1.43. The third-order valence-electron chi connectivity index (χ3n) is 2.50. The molecule has 0 aliphatic carbocycles. The van der Waals surface area contributed by atoms with E-state index in [4.69, 9.17) is 15.6 Å². The Morgan fingerprint density at radius 1 is 1.44 bits per heavy atom. The standard InChI is InChI=1S/C12H16N2O4/c1-14(6-5-11(15)16)12(17)9-4-3-8(18-2)7-10(9)13/h3-4,7H,5-6,13H2,1-2H3,(H,15,16). The number of carbonyl (C=O) groups is 2. The average Bonchev–Trinajstić information content (AvgIpc) is 2.34. The van der Waals surface area contributed by atoms with Gasteiger partial charge in [-0.15, -0.1) is 0 Å². The van der Waals surface area contributed by atoms with Gasteiger partial charge < -0.3 is 20.5 Å². The third kappa shape index (κ3) is 3.38. The molecular weight excluding hydrogens is 236 g/mol. The number of anilines is 1. The minimum Gasteiger partial charge on any atom is -0.497 e. The molecule has 6 heteroatoms. The van der Waals surface area contributed by atoms with Crippen molar-refractivity contribution in [1.82, 2.24) is 4.90 Å². The Bertz CT molecular complexity index is 459.